The summed E-state index contributed by atoms with van der Waals surface area (Å²) in [4.78, 5) is 11.3. The maximum atomic E-state index is 11.3. The number of carbonyl (C=O) groups is 1. The molecule has 1 N–H and O–H groups in total. The summed E-state index contributed by atoms with van der Waals surface area (Å²) in [6.07, 6.45) is 0. The Morgan fingerprint density at radius 3 is 2.39 bits per heavy atom. The Morgan fingerprint density at radius 2 is 1.83 bits per heavy atom. The molecule has 0 aromatic heterocycles. The van der Waals surface area contributed by atoms with E-state index in [0.29, 0.717) is 5.56 Å². The third-order valence-corrected chi connectivity index (χ3v) is 3.55. The van der Waals surface area contributed by atoms with E-state index in [1.54, 1.807) is 0 Å². The highest BCUT2D eigenvalue weighted by Gasteiger charge is 2.13. The summed E-state index contributed by atoms with van der Waals surface area (Å²) in [5.74, 6) is -0.882. The standard InChI is InChI=1S/C15H13BrO2/c1-10-3-2-4-13(14(10)15(17)18)12-7-5-11(9-16)6-8-12/h2-8H,9H2,1H3,(H,17,18). The van der Waals surface area contributed by atoms with E-state index >= 15 is 0 Å². The first-order valence-corrected chi connectivity index (χ1v) is 6.74. The predicted octanol–water partition coefficient (Wildman–Crippen LogP) is 4.26. The van der Waals surface area contributed by atoms with E-state index in [9.17, 15) is 9.90 Å². The van der Waals surface area contributed by atoms with Crippen LogP contribution in [-0.2, 0) is 5.33 Å². The first kappa shape index (κ1) is 12.8. The van der Waals surface area contributed by atoms with Crippen LogP contribution < -0.4 is 0 Å². The van der Waals surface area contributed by atoms with Crippen molar-refractivity contribution in [2.75, 3.05) is 0 Å². The van der Waals surface area contributed by atoms with Gasteiger partial charge < -0.3 is 5.11 Å². The molecule has 0 heterocycles. The number of aromatic carboxylic acids is 1. The Kier molecular flexibility index (Phi) is 3.82. The van der Waals surface area contributed by atoms with Crippen LogP contribution in [0.25, 0.3) is 11.1 Å². The summed E-state index contributed by atoms with van der Waals surface area (Å²) >= 11 is 3.39. The fourth-order valence-electron chi connectivity index (χ4n) is 1.97. The van der Waals surface area contributed by atoms with Gasteiger partial charge in [-0.15, -0.1) is 0 Å². The molecule has 2 aromatic carbocycles. The zero-order valence-electron chi connectivity index (χ0n) is 9.98. The van der Waals surface area contributed by atoms with Crippen molar-refractivity contribution in [2.24, 2.45) is 0 Å². The Bertz CT molecular complexity index is 574. The maximum Gasteiger partial charge on any atom is 0.336 e. The van der Waals surface area contributed by atoms with Crippen molar-refractivity contribution in [3.05, 3.63) is 59.2 Å². The normalized spacial score (nSPS) is 10.3. The lowest BCUT2D eigenvalue weighted by Gasteiger charge is -2.09. The van der Waals surface area contributed by atoms with Crippen molar-refractivity contribution >= 4 is 21.9 Å². The van der Waals surface area contributed by atoms with Gasteiger partial charge in [-0.05, 0) is 29.2 Å². The third kappa shape index (κ3) is 2.46. The van der Waals surface area contributed by atoms with Gasteiger partial charge in [0.05, 0.1) is 5.56 Å². The predicted molar refractivity (Wildman–Crippen MR) is 76.2 cm³/mol. The molecule has 0 spiro atoms. The lowest BCUT2D eigenvalue weighted by Crippen LogP contribution is -2.02. The van der Waals surface area contributed by atoms with Crippen LogP contribution in [0, 0.1) is 6.92 Å². The van der Waals surface area contributed by atoms with Crippen molar-refractivity contribution in [2.45, 2.75) is 12.3 Å². The van der Waals surface area contributed by atoms with Crippen LogP contribution >= 0.6 is 15.9 Å². The smallest absolute Gasteiger partial charge is 0.336 e. The van der Waals surface area contributed by atoms with Crippen LogP contribution in [0.1, 0.15) is 21.5 Å². The molecular formula is C15H13BrO2. The van der Waals surface area contributed by atoms with Gasteiger partial charge in [-0.2, -0.15) is 0 Å². The number of hydrogen-bond donors (Lipinski definition) is 1. The Morgan fingerprint density at radius 1 is 1.17 bits per heavy atom. The number of alkyl halides is 1. The molecule has 0 aliphatic carbocycles. The van der Waals surface area contributed by atoms with Gasteiger partial charge in [0.2, 0.25) is 0 Å². The first-order chi connectivity index (χ1) is 8.63. The van der Waals surface area contributed by atoms with Crippen LogP contribution in [0.15, 0.2) is 42.5 Å². The largest absolute Gasteiger partial charge is 0.478 e. The lowest BCUT2D eigenvalue weighted by molar-refractivity contribution is 0.0697. The van der Waals surface area contributed by atoms with Gasteiger partial charge >= 0.3 is 5.97 Å². The van der Waals surface area contributed by atoms with E-state index in [-0.39, 0.29) is 0 Å². The van der Waals surface area contributed by atoms with Crippen LogP contribution in [-0.4, -0.2) is 11.1 Å². The van der Waals surface area contributed by atoms with Crippen molar-refractivity contribution < 1.29 is 9.90 Å². The number of halogens is 1. The number of aryl methyl sites for hydroxylation is 1. The summed E-state index contributed by atoms with van der Waals surface area (Å²) in [5.41, 5.74) is 4.03. The van der Waals surface area contributed by atoms with Gasteiger partial charge in [0, 0.05) is 5.33 Å². The van der Waals surface area contributed by atoms with Crippen LogP contribution in [0.3, 0.4) is 0 Å². The summed E-state index contributed by atoms with van der Waals surface area (Å²) in [6, 6.07) is 13.5. The summed E-state index contributed by atoms with van der Waals surface area (Å²) in [7, 11) is 0. The van der Waals surface area contributed by atoms with Gasteiger partial charge in [0.25, 0.3) is 0 Å². The minimum absolute atomic E-state index is 0.379. The molecular weight excluding hydrogens is 292 g/mol. The second kappa shape index (κ2) is 5.36. The maximum absolute atomic E-state index is 11.3. The van der Waals surface area contributed by atoms with Crippen molar-refractivity contribution in [1.82, 2.24) is 0 Å². The number of carboxylic acids is 1. The second-order valence-corrected chi connectivity index (χ2v) is 4.69. The van der Waals surface area contributed by atoms with Crippen LogP contribution in [0.2, 0.25) is 0 Å². The van der Waals surface area contributed by atoms with Gasteiger partial charge in [-0.1, -0.05) is 58.4 Å². The molecule has 2 nitrogen and oxygen atoms in total. The average Bonchev–Trinajstić information content (AvgIpc) is 2.38. The fourth-order valence-corrected chi connectivity index (χ4v) is 2.34. The molecule has 2 aromatic rings. The minimum Gasteiger partial charge on any atom is -0.478 e. The molecule has 0 saturated heterocycles. The summed E-state index contributed by atoms with van der Waals surface area (Å²) in [5, 5.41) is 10.1. The highest BCUT2D eigenvalue weighted by atomic mass is 79.9. The summed E-state index contributed by atoms with van der Waals surface area (Å²) in [6.45, 7) is 1.82. The molecule has 0 unspecified atom stereocenters. The lowest BCUT2D eigenvalue weighted by atomic mass is 9.95. The molecule has 18 heavy (non-hydrogen) atoms. The molecule has 0 aliphatic rings. The quantitative estimate of drug-likeness (QED) is 0.861. The number of carboxylic acid groups (broad SMARTS) is 1. The van der Waals surface area contributed by atoms with Crippen molar-refractivity contribution in [3.63, 3.8) is 0 Å². The van der Waals surface area contributed by atoms with Crippen LogP contribution in [0.4, 0.5) is 0 Å². The Hall–Kier alpha value is -1.61. The molecule has 0 atom stereocenters. The molecule has 2 rings (SSSR count). The molecule has 0 saturated carbocycles. The molecule has 0 amide bonds. The van der Waals surface area contributed by atoms with Crippen molar-refractivity contribution in [1.29, 1.82) is 0 Å². The Balaban J connectivity index is 2.56. The summed E-state index contributed by atoms with van der Waals surface area (Å²) < 4.78 is 0. The second-order valence-electron chi connectivity index (χ2n) is 4.13. The minimum atomic E-state index is -0.882. The molecule has 0 radical (unpaired) electrons. The number of rotatable bonds is 3. The zero-order chi connectivity index (χ0) is 13.1. The number of hydrogen-bond acceptors (Lipinski definition) is 1. The zero-order valence-corrected chi connectivity index (χ0v) is 11.6. The highest BCUT2D eigenvalue weighted by Crippen LogP contribution is 2.26. The van der Waals surface area contributed by atoms with Gasteiger partial charge in [0.1, 0.15) is 0 Å². The first-order valence-electron chi connectivity index (χ1n) is 5.61. The highest BCUT2D eigenvalue weighted by molar-refractivity contribution is 9.08. The third-order valence-electron chi connectivity index (χ3n) is 2.91. The number of benzene rings is 2. The van der Waals surface area contributed by atoms with E-state index in [1.807, 2.05) is 49.4 Å². The topological polar surface area (TPSA) is 37.3 Å². The molecule has 92 valence electrons. The monoisotopic (exact) mass is 304 g/mol. The molecule has 0 fully saturated rings. The van der Waals surface area contributed by atoms with E-state index < -0.39 is 5.97 Å². The molecule has 0 aliphatic heterocycles. The van der Waals surface area contributed by atoms with Crippen LogP contribution in [0.5, 0.6) is 0 Å². The van der Waals surface area contributed by atoms with Gasteiger partial charge in [-0.25, -0.2) is 4.79 Å². The van der Waals surface area contributed by atoms with Crippen molar-refractivity contribution in [3.8, 4) is 11.1 Å². The average molecular weight is 305 g/mol. The van der Waals surface area contributed by atoms with Gasteiger partial charge in [-0.3, -0.25) is 0 Å². The van der Waals surface area contributed by atoms with Gasteiger partial charge in [0.15, 0.2) is 0 Å². The fraction of sp³-hybridized carbons (Fsp3) is 0.133. The van der Waals surface area contributed by atoms with E-state index in [1.165, 1.54) is 5.56 Å². The molecule has 0 bridgehead atoms. The molecule has 3 heteroatoms. The SMILES string of the molecule is Cc1cccc(-c2ccc(CBr)cc2)c1C(=O)O. The van der Waals surface area contributed by atoms with E-state index in [0.717, 1.165) is 22.0 Å². The van der Waals surface area contributed by atoms with E-state index in [2.05, 4.69) is 15.9 Å². The van der Waals surface area contributed by atoms with E-state index in [4.69, 9.17) is 0 Å². The Labute approximate surface area is 114 Å².